The lowest BCUT2D eigenvalue weighted by atomic mass is 9.85. The molecule has 0 amide bonds. The van der Waals surface area contributed by atoms with Gasteiger partial charge in [-0.3, -0.25) is 0 Å². The molecule has 0 saturated carbocycles. The summed E-state index contributed by atoms with van der Waals surface area (Å²) >= 11 is 2.14. The van der Waals surface area contributed by atoms with E-state index in [2.05, 4.69) is 63.1 Å². The molecule has 2 aromatic heterocycles. The number of thioether (sulfide) groups is 1. The number of nitrogens with zero attached hydrogens (tertiary/aromatic N) is 5. The summed E-state index contributed by atoms with van der Waals surface area (Å²) in [5.74, 6) is 1.89. The Balaban J connectivity index is 1.21. The monoisotopic (exact) mass is 669 g/mol. The molecule has 3 atom stereocenters. The van der Waals surface area contributed by atoms with Crippen molar-refractivity contribution in [2.24, 2.45) is 5.41 Å². The highest BCUT2D eigenvalue weighted by Crippen LogP contribution is 2.41. The Kier molecular flexibility index (Phi) is 10.9. The number of hydrogen-bond donors (Lipinski definition) is 4. The normalized spacial score (nSPS) is 23.5. The molecule has 2 fully saturated rings. The van der Waals surface area contributed by atoms with Gasteiger partial charge in [0.1, 0.15) is 11.5 Å². The number of sulfonamides is 1. The fourth-order valence-corrected chi connectivity index (χ4v) is 9.96. The van der Waals surface area contributed by atoms with Crippen LogP contribution < -0.4 is 10.6 Å². The van der Waals surface area contributed by atoms with Gasteiger partial charge in [-0.15, -0.1) is 11.8 Å². The average molecular weight is 670 g/mol. The number of likely N-dealkylation sites (N-methyl/N-ethyl adjacent to an activating group) is 1. The molecule has 0 aromatic carbocycles. The van der Waals surface area contributed by atoms with Gasteiger partial charge in [-0.05, 0) is 62.7 Å². The SMILES string of the molecule is CN1CCN(CCCCc2coc([C@H](Nc3nsnc3NC3CSC(S(=O)(=O)N4CCCC4CO)=C3O)C(C)(C)C)c2)CC1. The highest BCUT2D eigenvalue weighted by Gasteiger charge is 2.42. The van der Waals surface area contributed by atoms with Gasteiger partial charge in [-0.25, -0.2) is 8.42 Å². The third-order valence-electron chi connectivity index (χ3n) is 8.69. The van der Waals surface area contributed by atoms with Crippen molar-refractivity contribution in [3.63, 3.8) is 0 Å². The van der Waals surface area contributed by atoms with Crippen molar-refractivity contribution in [3.05, 3.63) is 33.6 Å². The van der Waals surface area contributed by atoms with Gasteiger partial charge in [0, 0.05) is 44.5 Å². The molecule has 246 valence electrons. The first-order chi connectivity index (χ1) is 21.0. The zero-order valence-electron chi connectivity index (χ0n) is 26.2. The lowest BCUT2D eigenvalue weighted by Crippen LogP contribution is -2.44. The third-order valence-corrected chi connectivity index (χ3v) is 12.9. The van der Waals surface area contributed by atoms with Crippen LogP contribution in [0.4, 0.5) is 11.6 Å². The van der Waals surface area contributed by atoms with Crippen LogP contribution in [0.15, 0.2) is 26.7 Å². The highest BCUT2D eigenvalue weighted by molar-refractivity contribution is 8.18. The van der Waals surface area contributed by atoms with Gasteiger partial charge in [-0.2, -0.15) is 13.1 Å². The second-order valence-electron chi connectivity index (χ2n) is 13.1. The third kappa shape index (κ3) is 7.73. The smallest absolute Gasteiger partial charge is 0.252 e. The quantitative estimate of drug-likeness (QED) is 0.229. The van der Waals surface area contributed by atoms with E-state index in [9.17, 15) is 18.6 Å². The van der Waals surface area contributed by atoms with Crippen molar-refractivity contribution in [1.29, 1.82) is 0 Å². The van der Waals surface area contributed by atoms with E-state index in [1.165, 1.54) is 9.87 Å². The summed E-state index contributed by atoms with van der Waals surface area (Å²) in [6.45, 7) is 12.2. The molecule has 3 aliphatic heterocycles. The first-order valence-electron chi connectivity index (χ1n) is 15.5. The number of aryl methyl sites for hydroxylation is 1. The Morgan fingerprint density at radius 2 is 1.89 bits per heavy atom. The van der Waals surface area contributed by atoms with Gasteiger partial charge >= 0.3 is 0 Å². The number of aliphatic hydroxyl groups is 2. The zero-order chi connectivity index (χ0) is 31.5. The molecule has 15 heteroatoms. The number of unbranched alkanes of at least 4 members (excludes halogenated alkanes) is 1. The molecule has 44 heavy (non-hydrogen) atoms. The van der Waals surface area contributed by atoms with Crippen molar-refractivity contribution >= 4 is 45.1 Å². The number of anilines is 2. The molecule has 0 bridgehead atoms. The van der Waals surface area contributed by atoms with Crippen LogP contribution in [0.5, 0.6) is 0 Å². The summed E-state index contributed by atoms with van der Waals surface area (Å²) in [5, 5.41) is 27.4. The molecule has 4 N–H and O–H groups in total. The second kappa shape index (κ2) is 14.3. The minimum absolute atomic E-state index is 0.0627. The molecule has 5 rings (SSSR count). The number of furan rings is 1. The van der Waals surface area contributed by atoms with Crippen molar-refractivity contribution in [2.45, 2.75) is 71.0 Å². The molecule has 3 aliphatic rings. The summed E-state index contributed by atoms with van der Waals surface area (Å²) in [4.78, 5) is 4.93. The van der Waals surface area contributed by atoms with Crippen LogP contribution >= 0.6 is 23.5 Å². The summed E-state index contributed by atoms with van der Waals surface area (Å²) < 4.78 is 42.8. The molecule has 2 aromatic rings. The topological polar surface area (TPSA) is 147 Å². The van der Waals surface area contributed by atoms with E-state index in [4.69, 9.17) is 4.42 Å². The van der Waals surface area contributed by atoms with Crippen molar-refractivity contribution in [3.8, 4) is 0 Å². The standard InChI is InChI=1S/C29H47N7O5S3/c1-29(2,3)25(23-16-20(18-41-23)8-5-6-10-35-14-12-34(4)13-15-35)31-27-26(32-43-33-27)30-22-19-42-28(24(22)38)44(39,40)36-11-7-9-21(36)17-37/h16,18,21-22,25,37-38H,5-15,17,19H2,1-4H3,(H,30,32)(H,31,33)/t21?,22?,25-/m0/s1. The van der Waals surface area contributed by atoms with Gasteiger partial charge in [-0.1, -0.05) is 20.8 Å². The number of piperazine rings is 1. The van der Waals surface area contributed by atoms with E-state index in [0.717, 1.165) is 81.2 Å². The number of hydrogen-bond acceptors (Lipinski definition) is 13. The first-order valence-corrected chi connectivity index (χ1v) is 18.7. The van der Waals surface area contributed by atoms with E-state index in [1.54, 1.807) is 0 Å². The molecular weight excluding hydrogens is 623 g/mol. The van der Waals surface area contributed by atoms with E-state index < -0.39 is 22.1 Å². The Morgan fingerprint density at radius 1 is 1.14 bits per heavy atom. The number of rotatable bonds is 13. The van der Waals surface area contributed by atoms with Gasteiger partial charge in [0.25, 0.3) is 10.0 Å². The maximum atomic E-state index is 13.3. The summed E-state index contributed by atoms with van der Waals surface area (Å²) in [6.07, 6.45) is 6.38. The predicted molar refractivity (Wildman–Crippen MR) is 177 cm³/mol. The Morgan fingerprint density at radius 3 is 2.61 bits per heavy atom. The number of aliphatic hydroxyl groups excluding tert-OH is 2. The maximum Gasteiger partial charge on any atom is 0.252 e. The van der Waals surface area contributed by atoms with Crippen LogP contribution in [0.1, 0.15) is 63.8 Å². The van der Waals surface area contributed by atoms with Gasteiger partial charge in [0.05, 0.1) is 36.7 Å². The fourth-order valence-electron chi connectivity index (χ4n) is 5.99. The maximum absolute atomic E-state index is 13.3. The predicted octanol–water partition coefficient (Wildman–Crippen LogP) is 3.94. The second-order valence-corrected chi connectivity index (χ2v) is 16.8. The van der Waals surface area contributed by atoms with Crippen LogP contribution in [0.3, 0.4) is 0 Å². The molecular formula is C29H47N7O5S3. The molecule has 5 heterocycles. The largest absolute Gasteiger partial charge is 0.508 e. The van der Waals surface area contributed by atoms with Crippen LogP contribution in [-0.2, 0) is 16.4 Å². The Hall–Kier alpha value is -1.88. The van der Waals surface area contributed by atoms with Gasteiger partial charge < -0.3 is 35.1 Å². The minimum atomic E-state index is -3.90. The molecule has 2 saturated heterocycles. The first kappa shape index (κ1) is 33.5. The van der Waals surface area contributed by atoms with E-state index >= 15 is 0 Å². The summed E-state index contributed by atoms with van der Waals surface area (Å²) in [7, 11) is -1.72. The summed E-state index contributed by atoms with van der Waals surface area (Å²) in [6, 6.07) is 0.835. The van der Waals surface area contributed by atoms with Crippen LogP contribution in [0.25, 0.3) is 0 Å². The molecule has 0 aliphatic carbocycles. The minimum Gasteiger partial charge on any atom is -0.508 e. The summed E-state index contributed by atoms with van der Waals surface area (Å²) in [5.41, 5.74) is 0.959. The lowest BCUT2D eigenvalue weighted by Gasteiger charge is -2.32. The molecule has 2 unspecified atom stereocenters. The Labute approximate surface area is 269 Å². The van der Waals surface area contributed by atoms with Crippen molar-refractivity contribution < 1.29 is 23.0 Å². The Bertz CT molecular complexity index is 1380. The van der Waals surface area contributed by atoms with Crippen molar-refractivity contribution in [1.82, 2.24) is 22.9 Å². The highest BCUT2D eigenvalue weighted by atomic mass is 32.3. The number of nitrogens with one attached hydrogen (secondary N) is 2. The van der Waals surface area contributed by atoms with E-state index in [0.29, 0.717) is 36.8 Å². The van der Waals surface area contributed by atoms with Crippen LogP contribution in [0.2, 0.25) is 0 Å². The molecule has 0 radical (unpaired) electrons. The lowest BCUT2D eigenvalue weighted by molar-refractivity contribution is 0.152. The van der Waals surface area contributed by atoms with E-state index in [-0.39, 0.29) is 28.1 Å². The average Bonchev–Trinajstić information content (AvgIpc) is 3.79. The van der Waals surface area contributed by atoms with Crippen molar-refractivity contribution in [2.75, 3.05) is 69.3 Å². The van der Waals surface area contributed by atoms with Gasteiger partial charge in [0.2, 0.25) is 0 Å². The zero-order valence-corrected chi connectivity index (χ0v) is 28.6. The molecule has 12 nitrogen and oxygen atoms in total. The number of aromatic nitrogens is 2. The van der Waals surface area contributed by atoms with Crippen LogP contribution in [-0.4, -0.2) is 112 Å². The van der Waals surface area contributed by atoms with Crippen LogP contribution in [0, 0.1) is 5.41 Å². The molecule has 0 spiro atoms. The van der Waals surface area contributed by atoms with Gasteiger partial charge in [0.15, 0.2) is 15.9 Å². The fraction of sp³-hybridized carbons (Fsp3) is 0.724. The van der Waals surface area contributed by atoms with E-state index in [1.807, 2.05) is 6.26 Å².